The maximum atomic E-state index is 12.8. The van der Waals surface area contributed by atoms with E-state index < -0.39 is 11.7 Å². The molecule has 0 N–H and O–H groups in total. The van der Waals surface area contributed by atoms with Crippen LogP contribution in [-0.2, 0) is 22.2 Å². The molecule has 5 rings (SSSR count). The summed E-state index contributed by atoms with van der Waals surface area (Å²) < 4.78 is 50.4. The zero-order chi connectivity index (χ0) is 21.5. The second-order valence-electron chi connectivity index (χ2n) is 9.84. The van der Waals surface area contributed by atoms with Crippen LogP contribution in [0.2, 0.25) is 0 Å². The lowest BCUT2D eigenvalue weighted by Crippen LogP contribution is -2.76. The van der Waals surface area contributed by atoms with Crippen molar-refractivity contribution in [3.63, 3.8) is 0 Å². The molecule has 4 nitrogen and oxygen atoms in total. The Morgan fingerprint density at radius 2 is 1.68 bits per heavy atom. The van der Waals surface area contributed by atoms with Gasteiger partial charge in [-0.3, -0.25) is 9.80 Å². The van der Waals surface area contributed by atoms with Crippen LogP contribution in [0.15, 0.2) is 24.3 Å². The van der Waals surface area contributed by atoms with Gasteiger partial charge in [0.2, 0.25) is 0 Å². The lowest BCUT2D eigenvalue weighted by Gasteiger charge is -2.63. The Labute approximate surface area is 182 Å². The highest BCUT2D eigenvalue weighted by atomic mass is 19.4. The zero-order valence-electron chi connectivity index (χ0n) is 18.1. The van der Waals surface area contributed by atoms with Gasteiger partial charge in [0.05, 0.1) is 17.2 Å². The SMILES string of the molecule is FC(F)(F)c1ccc(CN2CCC(N3CC(OCC4CC4)C34CCOCC4)CC2)cc1. The Morgan fingerprint density at radius 3 is 2.29 bits per heavy atom. The maximum absolute atomic E-state index is 12.8. The molecule has 3 saturated heterocycles. The van der Waals surface area contributed by atoms with Crippen molar-refractivity contribution >= 4 is 0 Å². The molecule has 31 heavy (non-hydrogen) atoms. The minimum Gasteiger partial charge on any atom is -0.381 e. The molecule has 3 aliphatic heterocycles. The molecule has 1 saturated carbocycles. The predicted octanol–water partition coefficient (Wildman–Crippen LogP) is 4.33. The highest BCUT2D eigenvalue weighted by Crippen LogP contribution is 2.45. The Morgan fingerprint density at radius 1 is 1.00 bits per heavy atom. The molecule has 1 atom stereocenters. The predicted molar refractivity (Wildman–Crippen MR) is 112 cm³/mol. The van der Waals surface area contributed by atoms with Gasteiger partial charge in [-0.05, 0) is 75.2 Å². The van der Waals surface area contributed by atoms with Gasteiger partial charge in [0.25, 0.3) is 0 Å². The summed E-state index contributed by atoms with van der Waals surface area (Å²) >= 11 is 0. The van der Waals surface area contributed by atoms with Crippen molar-refractivity contribution < 1.29 is 22.6 Å². The van der Waals surface area contributed by atoms with Crippen molar-refractivity contribution in [1.29, 1.82) is 0 Å². The number of hydrogen-bond acceptors (Lipinski definition) is 4. The summed E-state index contributed by atoms with van der Waals surface area (Å²) in [7, 11) is 0. The number of nitrogens with zero attached hydrogens (tertiary/aromatic N) is 2. The first-order valence-corrected chi connectivity index (χ1v) is 11.8. The van der Waals surface area contributed by atoms with Crippen LogP contribution in [0.25, 0.3) is 0 Å². The van der Waals surface area contributed by atoms with Crippen LogP contribution in [0.1, 0.15) is 49.7 Å². The first-order chi connectivity index (χ1) is 14.9. The number of halogens is 3. The first-order valence-electron chi connectivity index (χ1n) is 11.8. The second-order valence-corrected chi connectivity index (χ2v) is 9.84. The molecule has 7 heteroatoms. The van der Waals surface area contributed by atoms with E-state index in [0.29, 0.717) is 12.1 Å². The molecule has 1 aromatic rings. The normalized spacial score (nSPS) is 28.0. The van der Waals surface area contributed by atoms with Gasteiger partial charge in [-0.15, -0.1) is 0 Å². The molecule has 4 aliphatic rings. The lowest BCUT2D eigenvalue weighted by atomic mass is 9.73. The summed E-state index contributed by atoms with van der Waals surface area (Å²) in [5.74, 6) is 0.791. The minimum atomic E-state index is -4.27. The molecule has 4 fully saturated rings. The van der Waals surface area contributed by atoms with E-state index in [0.717, 1.165) is 83.2 Å². The van der Waals surface area contributed by atoms with E-state index in [4.69, 9.17) is 9.47 Å². The summed E-state index contributed by atoms with van der Waals surface area (Å²) in [6, 6.07) is 6.19. The third kappa shape index (κ3) is 4.65. The fourth-order valence-electron chi connectivity index (χ4n) is 5.64. The lowest BCUT2D eigenvalue weighted by molar-refractivity contribution is -0.218. The average Bonchev–Trinajstić information content (AvgIpc) is 3.59. The number of rotatable bonds is 6. The highest BCUT2D eigenvalue weighted by molar-refractivity contribution is 5.24. The number of likely N-dealkylation sites (tertiary alicyclic amines) is 2. The Bertz CT molecular complexity index is 736. The summed E-state index contributed by atoms with van der Waals surface area (Å²) in [5, 5.41) is 0. The van der Waals surface area contributed by atoms with Gasteiger partial charge in [0, 0.05) is 39.0 Å². The molecule has 0 amide bonds. The maximum Gasteiger partial charge on any atom is 0.416 e. The number of ether oxygens (including phenoxy) is 2. The molecule has 0 aromatic heterocycles. The summed E-state index contributed by atoms with van der Waals surface area (Å²) in [5.41, 5.74) is 0.533. The van der Waals surface area contributed by atoms with Gasteiger partial charge in [-0.25, -0.2) is 0 Å². The largest absolute Gasteiger partial charge is 0.416 e. The smallest absolute Gasteiger partial charge is 0.381 e. The Hall–Kier alpha value is -1.15. The fourth-order valence-corrected chi connectivity index (χ4v) is 5.64. The number of piperidine rings is 1. The molecule has 172 valence electrons. The molecule has 1 aliphatic carbocycles. The quantitative estimate of drug-likeness (QED) is 0.660. The van der Waals surface area contributed by atoms with E-state index in [2.05, 4.69) is 9.80 Å². The van der Waals surface area contributed by atoms with E-state index in [-0.39, 0.29) is 5.54 Å². The van der Waals surface area contributed by atoms with Crippen molar-refractivity contribution in [3.05, 3.63) is 35.4 Å². The summed E-state index contributed by atoms with van der Waals surface area (Å²) in [6.45, 7) is 6.31. The third-order valence-electron chi connectivity index (χ3n) is 7.81. The van der Waals surface area contributed by atoms with Crippen LogP contribution in [0.5, 0.6) is 0 Å². The topological polar surface area (TPSA) is 24.9 Å². The number of hydrogen-bond donors (Lipinski definition) is 0. The van der Waals surface area contributed by atoms with Crippen LogP contribution < -0.4 is 0 Å². The van der Waals surface area contributed by atoms with Crippen LogP contribution in [0.3, 0.4) is 0 Å². The van der Waals surface area contributed by atoms with Gasteiger partial charge >= 0.3 is 6.18 Å². The van der Waals surface area contributed by atoms with Crippen LogP contribution in [0, 0.1) is 5.92 Å². The van der Waals surface area contributed by atoms with Crippen molar-refractivity contribution in [2.24, 2.45) is 5.92 Å². The molecule has 0 bridgehead atoms. The molecule has 1 spiro atoms. The number of benzene rings is 1. The van der Waals surface area contributed by atoms with Gasteiger partial charge in [-0.2, -0.15) is 13.2 Å². The zero-order valence-corrected chi connectivity index (χ0v) is 18.1. The monoisotopic (exact) mass is 438 g/mol. The van der Waals surface area contributed by atoms with Crippen LogP contribution >= 0.6 is 0 Å². The molecule has 3 heterocycles. The summed E-state index contributed by atoms with van der Waals surface area (Å²) in [6.07, 6.45) is 3.07. The number of alkyl halides is 3. The van der Waals surface area contributed by atoms with E-state index in [1.165, 1.54) is 25.0 Å². The minimum absolute atomic E-state index is 0.160. The third-order valence-corrected chi connectivity index (χ3v) is 7.81. The van der Waals surface area contributed by atoms with E-state index >= 15 is 0 Å². The molecule has 1 aromatic carbocycles. The molecular formula is C24H33F3N2O2. The fraction of sp³-hybridized carbons (Fsp3) is 0.750. The van der Waals surface area contributed by atoms with Crippen molar-refractivity contribution in [2.45, 2.75) is 68.9 Å². The van der Waals surface area contributed by atoms with E-state index in [1.807, 2.05) is 0 Å². The van der Waals surface area contributed by atoms with Gasteiger partial charge in [-0.1, -0.05) is 12.1 Å². The van der Waals surface area contributed by atoms with Crippen LogP contribution in [-0.4, -0.2) is 66.9 Å². The van der Waals surface area contributed by atoms with E-state index in [1.54, 1.807) is 12.1 Å². The van der Waals surface area contributed by atoms with Gasteiger partial charge in [0.15, 0.2) is 0 Å². The van der Waals surface area contributed by atoms with Crippen molar-refractivity contribution in [1.82, 2.24) is 9.80 Å². The summed E-state index contributed by atoms with van der Waals surface area (Å²) in [4.78, 5) is 5.08. The van der Waals surface area contributed by atoms with E-state index in [9.17, 15) is 13.2 Å². The van der Waals surface area contributed by atoms with Gasteiger partial charge in [0.1, 0.15) is 0 Å². The van der Waals surface area contributed by atoms with Crippen LogP contribution in [0.4, 0.5) is 13.2 Å². The Balaban J connectivity index is 1.14. The second kappa shape index (κ2) is 8.65. The standard InChI is InChI=1S/C24H33F3N2O2/c25-24(26,27)20-5-3-18(4-6-20)15-28-11-7-21(8-12-28)29-16-22(31-17-19-1-2-19)23(29)9-13-30-14-10-23/h3-6,19,21-22H,1-2,7-17H2. The van der Waals surface area contributed by atoms with Gasteiger partial charge < -0.3 is 9.47 Å². The first kappa shape index (κ1) is 21.7. The molecule has 1 unspecified atom stereocenters. The molecule has 0 radical (unpaired) electrons. The molecular weight excluding hydrogens is 405 g/mol. The van der Waals surface area contributed by atoms with Crippen molar-refractivity contribution in [2.75, 3.05) is 39.5 Å². The average molecular weight is 439 g/mol. The van der Waals surface area contributed by atoms with Crippen molar-refractivity contribution in [3.8, 4) is 0 Å². The highest BCUT2D eigenvalue weighted by Gasteiger charge is 2.57. The Kier molecular flexibility index (Phi) is 6.05.